The second-order valence-electron chi connectivity index (χ2n) is 8.26. The molecule has 2 aromatic heterocycles. The van der Waals surface area contributed by atoms with Gasteiger partial charge < -0.3 is 10.3 Å². The molecule has 0 radical (unpaired) electrons. The fourth-order valence-corrected chi connectivity index (χ4v) is 4.64. The molecule has 1 aliphatic rings. The van der Waals surface area contributed by atoms with Crippen molar-refractivity contribution in [1.29, 1.82) is 0 Å². The molecule has 2 aromatic carbocycles. The Morgan fingerprint density at radius 2 is 1.97 bits per heavy atom. The van der Waals surface area contributed by atoms with Gasteiger partial charge in [-0.05, 0) is 35.7 Å². The Kier molecular flexibility index (Phi) is 4.82. The normalized spacial score (nSPS) is 19.4. The summed E-state index contributed by atoms with van der Waals surface area (Å²) in [5.41, 5.74) is 2.36. The number of rotatable bonds is 4. The minimum absolute atomic E-state index is 0.140. The Morgan fingerprint density at radius 3 is 2.77 bits per heavy atom. The summed E-state index contributed by atoms with van der Waals surface area (Å²) in [6.07, 6.45) is 3.16. The van der Waals surface area contributed by atoms with Gasteiger partial charge in [0, 0.05) is 28.5 Å². The van der Waals surface area contributed by atoms with E-state index in [1.807, 2.05) is 30.5 Å². The molecule has 0 saturated heterocycles. The van der Waals surface area contributed by atoms with Gasteiger partial charge in [-0.25, -0.2) is 4.98 Å². The molecule has 158 valence electrons. The number of hydrogen-bond donors (Lipinski definition) is 2. The molecule has 5 rings (SSSR count). The van der Waals surface area contributed by atoms with E-state index in [0.29, 0.717) is 28.2 Å². The third-order valence-electron chi connectivity index (χ3n) is 6.38. The van der Waals surface area contributed by atoms with E-state index in [0.717, 1.165) is 22.9 Å². The van der Waals surface area contributed by atoms with Crippen LogP contribution >= 0.6 is 11.6 Å². The van der Waals surface area contributed by atoms with Crippen LogP contribution in [0.1, 0.15) is 43.7 Å². The van der Waals surface area contributed by atoms with Crippen molar-refractivity contribution in [1.82, 2.24) is 19.9 Å². The molecule has 0 fully saturated rings. The van der Waals surface area contributed by atoms with Crippen molar-refractivity contribution in [3.8, 4) is 0 Å². The van der Waals surface area contributed by atoms with Crippen molar-refractivity contribution in [2.75, 3.05) is 0 Å². The Hall–Kier alpha value is -3.12. The second kappa shape index (κ2) is 7.54. The van der Waals surface area contributed by atoms with Crippen LogP contribution in [-0.4, -0.2) is 20.4 Å². The number of fused-ring (bicyclic) bond motifs is 3. The molecular formula is C24H23ClN4O2. The van der Waals surface area contributed by atoms with Gasteiger partial charge in [0.15, 0.2) is 0 Å². The SMILES string of the molecule is CC[C@H](C)[C@@H]1NC(=O)[C@@H](Cc2c[nH]c3ccccc23)n2c1nc1ccc(Cl)cc1c2=O. The summed E-state index contributed by atoms with van der Waals surface area (Å²) in [5, 5.41) is 5.09. The molecule has 0 saturated carbocycles. The highest BCUT2D eigenvalue weighted by Gasteiger charge is 2.37. The van der Waals surface area contributed by atoms with Crippen molar-refractivity contribution in [3.63, 3.8) is 0 Å². The standard InChI is InChI=1S/C24H23ClN4O2/c1-3-13(2)21-22-27-19-9-8-15(25)11-17(19)24(31)29(22)20(23(30)28-21)10-14-12-26-18-7-5-4-6-16(14)18/h4-9,11-13,20-21,26H,3,10H2,1-2H3,(H,28,30)/t13-,20+,21-/m0/s1. The lowest BCUT2D eigenvalue weighted by Crippen LogP contribution is -2.50. The van der Waals surface area contributed by atoms with Gasteiger partial charge in [0.25, 0.3) is 5.56 Å². The Morgan fingerprint density at radius 1 is 1.16 bits per heavy atom. The van der Waals surface area contributed by atoms with E-state index in [2.05, 4.69) is 24.1 Å². The van der Waals surface area contributed by atoms with Crippen LogP contribution in [0.4, 0.5) is 0 Å². The topological polar surface area (TPSA) is 79.8 Å². The van der Waals surface area contributed by atoms with Gasteiger partial charge in [-0.2, -0.15) is 0 Å². The smallest absolute Gasteiger partial charge is 0.262 e. The van der Waals surface area contributed by atoms with Crippen LogP contribution in [0.15, 0.2) is 53.5 Å². The maximum absolute atomic E-state index is 13.6. The predicted molar refractivity (Wildman–Crippen MR) is 122 cm³/mol. The number of H-pyrrole nitrogens is 1. The van der Waals surface area contributed by atoms with Crippen LogP contribution < -0.4 is 10.9 Å². The summed E-state index contributed by atoms with van der Waals surface area (Å²) in [6.45, 7) is 4.13. The predicted octanol–water partition coefficient (Wildman–Crippen LogP) is 4.53. The van der Waals surface area contributed by atoms with Crippen molar-refractivity contribution < 1.29 is 4.79 Å². The molecule has 0 aliphatic carbocycles. The maximum atomic E-state index is 13.6. The van der Waals surface area contributed by atoms with Crippen molar-refractivity contribution in [2.24, 2.45) is 5.92 Å². The molecule has 7 heteroatoms. The molecule has 0 spiro atoms. The van der Waals surface area contributed by atoms with Crippen LogP contribution in [-0.2, 0) is 11.2 Å². The summed E-state index contributed by atoms with van der Waals surface area (Å²) in [5.74, 6) is 0.591. The lowest BCUT2D eigenvalue weighted by atomic mass is 9.93. The number of hydrogen-bond acceptors (Lipinski definition) is 3. The van der Waals surface area contributed by atoms with Crippen LogP contribution in [0.2, 0.25) is 5.02 Å². The van der Waals surface area contributed by atoms with Gasteiger partial charge in [-0.15, -0.1) is 0 Å². The second-order valence-corrected chi connectivity index (χ2v) is 8.69. The number of aromatic amines is 1. The number of halogens is 1. The zero-order valence-electron chi connectivity index (χ0n) is 17.4. The molecule has 31 heavy (non-hydrogen) atoms. The lowest BCUT2D eigenvalue weighted by molar-refractivity contribution is -0.127. The molecule has 3 atom stereocenters. The minimum Gasteiger partial charge on any atom is -0.361 e. The van der Waals surface area contributed by atoms with Crippen molar-refractivity contribution in [3.05, 3.63) is 75.4 Å². The van der Waals surface area contributed by atoms with Gasteiger partial charge in [-0.3, -0.25) is 14.2 Å². The number of carbonyl (C=O) groups is 1. The Bertz CT molecular complexity index is 1370. The highest BCUT2D eigenvalue weighted by atomic mass is 35.5. The van der Waals surface area contributed by atoms with E-state index in [4.69, 9.17) is 16.6 Å². The summed E-state index contributed by atoms with van der Waals surface area (Å²) in [4.78, 5) is 35.0. The molecule has 1 amide bonds. The molecule has 4 aromatic rings. The van der Waals surface area contributed by atoms with E-state index in [9.17, 15) is 9.59 Å². The first-order valence-corrected chi connectivity index (χ1v) is 10.9. The number of para-hydroxylation sites is 1. The first-order valence-electron chi connectivity index (χ1n) is 10.5. The largest absolute Gasteiger partial charge is 0.361 e. The first-order chi connectivity index (χ1) is 15.0. The van der Waals surface area contributed by atoms with Crippen LogP contribution in [0.3, 0.4) is 0 Å². The van der Waals surface area contributed by atoms with Gasteiger partial charge >= 0.3 is 0 Å². The van der Waals surface area contributed by atoms with E-state index < -0.39 is 6.04 Å². The summed E-state index contributed by atoms with van der Waals surface area (Å²) >= 11 is 6.16. The number of aromatic nitrogens is 3. The van der Waals surface area contributed by atoms with Gasteiger partial charge in [0.2, 0.25) is 5.91 Å². The fraction of sp³-hybridized carbons (Fsp3) is 0.292. The van der Waals surface area contributed by atoms with Crippen molar-refractivity contribution >= 4 is 39.3 Å². The van der Waals surface area contributed by atoms with E-state index >= 15 is 0 Å². The average Bonchev–Trinajstić information content (AvgIpc) is 3.18. The third-order valence-corrected chi connectivity index (χ3v) is 6.62. The zero-order valence-corrected chi connectivity index (χ0v) is 18.1. The number of carbonyl (C=O) groups excluding carboxylic acids is 1. The van der Waals surface area contributed by atoms with E-state index in [1.165, 1.54) is 0 Å². The fourth-order valence-electron chi connectivity index (χ4n) is 4.47. The molecule has 6 nitrogen and oxygen atoms in total. The molecule has 0 unspecified atom stereocenters. The van der Waals surface area contributed by atoms with Gasteiger partial charge in [-0.1, -0.05) is 50.1 Å². The first kappa shape index (κ1) is 19.8. The summed E-state index contributed by atoms with van der Waals surface area (Å²) < 4.78 is 1.59. The van der Waals surface area contributed by atoms with Crippen LogP contribution in [0, 0.1) is 5.92 Å². The Labute approximate surface area is 184 Å². The quantitative estimate of drug-likeness (QED) is 0.495. The van der Waals surface area contributed by atoms with Gasteiger partial charge in [0.05, 0.1) is 16.9 Å². The molecule has 0 bridgehead atoms. The molecular weight excluding hydrogens is 412 g/mol. The van der Waals surface area contributed by atoms with Gasteiger partial charge in [0.1, 0.15) is 11.9 Å². The maximum Gasteiger partial charge on any atom is 0.262 e. The number of nitrogens with one attached hydrogen (secondary N) is 2. The number of nitrogens with zero attached hydrogens (tertiary/aromatic N) is 2. The molecule has 2 N–H and O–H groups in total. The minimum atomic E-state index is -0.683. The van der Waals surface area contributed by atoms with Crippen LogP contribution in [0.5, 0.6) is 0 Å². The third kappa shape index (κ3) is 3.22. The van der Waals surface area contributed by atoms with E-state index in [1.54, 1.807) is 22.8 Å². The number of benzene rings is 2. The Balaban J connectivity index is 1.71. The lowest BCUT2D eigenvalue weighted by Gasteiger charge is -2.35. The molecule has 1 aliphatic heterocycles. The highest BCUT2D eigenvalue weighted by Crippen LogP contribution is 2.32. The van der Waals surface area contributed by atoms with E-state index in [-0.39, 0.29) is 23.4 Å². The molecule has 3 heterocycles. The number of amides is 1. The summed E-state index contributed by atoms with van der Waals surface area (Å²) in [7, 11) is 0. The highest BCUT2D eigenvalue weighted by molar-refractivity contribution is 6.31. The monoisotopic (exact) mass is 434 g/mol. The van der Waals surface area contributed by atoms with Crippen LogP contribution in [0.25, 0.3) is 21.8 Å². The van der Waals surface area contributed by atoms with Crippen molar-refractivity contribution in [2.45, 2.75) is 38.8 Å². The summed E-state index contributed by atoms with van der Waals surface area (Å²) in [6, 6.07) is 12.1. The zero-order chi connectivity index (χ0) is 21.7. The average molecular weight is 435 g/mol.